The van der Waals surface area contributed by atoms with Crippen LogP contribution in [0.3, 0.4) is 0 Å². The summed E-state index contributed by atoms with van der Waals surface area (Å²) in [7, 11) is 0. The van der Waals surface area contributed by atoms with Crippen molar-refractivity contribution in [3.8, 4) is 11.3 Å². The van der Waals surface area contributed by atoms with Gasteiger partial charge in [0.1, 0.15) is 18.4 Å². The fraction of sp³-hybridized carbons (Fsp3) is 0.0769. The monoisotopic (exact) mass is 347 g/mol. The standard InChI is InChI=1S/C13H10BrN5O2/c14-9-3-1-8(2-4-9)10-5-11-13(21)18(6-12(15)20)16-7-19(11)17-10/h1-5,7H,6H2,(H2,15,20). The van der Waals surface area contributed by atoms with Gasteiger partial charge in [-0.2, -0.15) is 10.2 Å². The molecule has 0 saturated carbocycles. The van der Waals surface area contributed by atoms with Crippen molar-refractivity contribution in [3.05, 3.63) is 51.5 Å². The van der Waals surface area contributed by atoms with Crippen molar-refractivity contribution in [2.24, 2.45) is 5.73 Å². The Kier molecular flexibility index (Phi) is 3.30. The Hall–Kier alpha value is -2.48. The van der Waals surface area contributed by atoms with E-state index in [2.05, 4.69) is 26.1 Å². The topological polar surface area (TPSA) is 95.3 Å². The van der Waals surface area contributed by atoms with Crippen molar-refractivity contribution in [3.63, 3.8) is 0 Å². The molecule has 0 radical (unpaired) electrons. The number of rotatable bonds is 3. The number of benzene rings is 1. The van der Waals surface area contributed by atoms with Crippen molar-refractivity contribution in [2.45, 2.75) is 6.54 Å². The van der Waals surface area contributed by atoms with Gasteiger partial charge in [0.2, 0.25) is 5.91 Å². The molecule has 8 heteroatoms. The van der Waals surface area contributed by atoms with Crippen LogP contribution in [0.5, 0.6) is 0 Å². The molecule has 0 unspecified atom stereocenters. The van der Waals surface area contributed by atoms with E-state index >= 15 is 0 Å². The smallest absolute Gasteiger partial charge is 0.293 e. The quantitative estimate of drug-likeness (QED) is 0.758. The number of nitrogens with zero attached hydrogens (tertiary/aromatic N) is 4. The lowest BCUT2D eigenvalue weighted by Gasteiger charge is -2.00. The number of primary amides is 1. The van der Waals surface area contributed by atoms with E-state index < -0.39 is 11.5 Å². The third-order valence-electron chi connectivity index (χ3n) is 2.94. The van der Waals surface area contributed by atoms with Gasteiger partial charge >= 0.3 is 0 Å². The van der Waals surface area contributed by atoms with Gasteiger partial charge in [-0.25, -0.2) is 9.20 Å². The van der Waals surface area contributed by atoms with Crippen LogP contribution in [-0.4, -0.2) is 25.3 Å². The molecule has 0 aliphatic rings. The van der Waals surface area contributed by atoms with Gasteiger partial charge in [-0.1, -0.05) is 28.1 Å². The number of amides is 1. The molecular weight excluding hydrogens is 338 g/mol. The Balaban J connectivity index is 2.12. The minimum Gasteiger partial charge on any atom is -0.368 e. The van der Waals surface area contributed by atoms with Crippen LogP contribution in [0.2, 0.25) is 0 Å². The van der Waals surface area contributed by atoms with Crippen LogP contribution in [0, 0.1) is 0 Å². The van der Waals surface area contributed by atoms with Crippen LogP contribution in [0.25, 0.3) is 16.8 Å². The van der Waals surface area contributed by atoms with E-state index in [1.807, 2.05) is 24.3 Å². The van der Waals surface area contributed by atoms with Crippen LogP contribution in [0.15, 0.2) is 45.9 Å². The van der Waals surface area contributed by atoms with E-state index in [0.717, 1.165) is 14.7 Å². The molecule has 2 aromatic heterocycles. The molecule has 0 aliphatic heterocycles. The molecule has 0 saturated heterocycles. The Morgan fingerprint density at radius 2 is 2.00 bits per heavy atom. The van der Waals surface area contributed by atoms with E-state index in [9.17, 15) is 9.59 Å². The van der Waals surface area contributed by atoms with Gasteiger partial charge < -0.3 is 5.73 Å². The molecule has 1 aromatic carbocycles. The molecular formula is C13H10BrN5O2. The van der Waals surface area contributed by atoms with Crippen LogP contribution in [0.1, 0.15) is 0 Å². The molecule has 3 aromatic rings. The van der Waals surface area contributed by atoms with Gasteiger partial charge in [-0.05, 0) is 18.2 Å². The highest BCUT2D eigenvalue weighted by Gasteiger charge is 2.11. The predicted octanol–water partition coefficient (Wildman–Crippen LogP) is 0.806. The third-order valence-corrected chi connectivity index (χ3v) is 3.46. The van der Waals surface area contributed by atoms with Crippen LogP contribution in [-0.2, 0) is 11.3 Å². The molecule has 106 valence electrons. The summed E-state index contributed by atoms with van der Waals surface area (Å²) in [5, 5.41) is 8.17. The fourth-order valence-corrected chi connectivity index (χ4v) is 2.22. The van der Waals surface area contributed by atoms with Crippen molar-refractivity contribution < 1.29 is 4.79 Å². The van der Waals surface area contributed by atoms with Gasteiger partial charge in [-0.3, -0.25) is 9.59 Å². The molecule has 0 aliphatic carbocycles. The molecule has 7 nitrogen and oxygen atoms in total. The van der Waals surface area contributed by atoms with Crippen molar-refractivity contribution in [1.29, 1.82) is 0 Å². The van der Waals surface area contributed by atoms with Crippen LogP contribution < -0.4 is 11.3 Å². The number of carbonyl (C=O) groups excluding carboxylic acids is 1. The number of halogens is 1. The van der Waals surface area contributed by atoms with Crippen molar-refractivity contribution in [2.75, 3.05) is 0 Å². The molecule has 0 fully saturated rings. The summed E-state index contributed by atoms with van der Waals surface area (Å²) >= 11 is 3.36. The summed E-state index contributed by atoms with van der Waals surface area (Å²) in [5.41, 5.74) is 6.54. The van der Waals surface area contributed by atoms with Gasteiger partial charge in [0, 0.05) is 10.0 Å². The zero-order chi connectivity index (χ0) is 15.0. The number of fused-ring (bicyclic) bond motifs is 1. The Labute approximate surface area is 127 Å². The second-order valence-corrected chi connectivity index (χ2v) is 5.34. The largest absolute Gasteiger partial charge is 0.368 e. The average molecular weight is 348 g/mol. The molecule has 1 amide bonds. The third kappa shape index (κ3) is 2.57. The van der Waals surface area contributed by atoms with Crippen LogP contribution >= 0.6 is 15.9 Å². The summed E-state index contributed by atoms with van der Waals surface area (Å²) in [6, 6.07) is 9.22. The first-order valence-corrected chi connectivity index (χ1v) is 6.83. The number of carbonyl (C=O) groups is 1. The maximum atomic E-state index is 12.2. The molecule has 0 atom stereocenters. The van der Waals surface area contributed by atoms with Gasteiger partial charge in [0.05, 0.1) is 5.69 Å². The van der Waals surface area contributed by atoms with Gasteiger partial charge in [-0.15, -0.1) is 0 Å². The normalized spacial score (nSPS) is 10.9. The second kappa shape index (κ2) is 5.13. The number of nitrogens with two attached hydrogens (primary N) is 1. The summed E-state index contributed by atoms with van der Waals surface area (Å²) in [6.45, 7) is -0.256. The highest BCUT2D eigenvalue weighted by Crippen LogP contribution is 2.20. The lowest BCUT2D eigenvalue weighted by atomic mass is 10.1. The Morgan fingerprint density at radius 1 is 1.29 bits per heavy atom. The fourth-order valence-electron chi connectivity index (χ4n) is 1.96. The molecule has 3 rings (SSSR count). The van der Waals surface area contributed by atoms with E-state index in [-0.39, 0.29) is 6.54 Å². The first kappa shape index (κ1) is 13.5. The van der Waals surface area contributed by atoms with E-state index in [1.54, 1.807) is 6.07 Å². The van der Waals surface area contributed by atoms with Gasteiger partial charge in [0.15, 0.2) is 0 Å². The maximum Gasteiger partial charge on any atom is 0.293 e. The highest BCUT2D eigenvalue weighted by atomic mass is 79.9. The summed E-state index contributed by atoms with van der Waals surface area (Å²) in [6.07, 6.45) is 1.38. The second-order valence-electron chi connectivity index (χ2n) is 4.43. The van der Waals surface area contributed by atoms with E-state index in [1.165, 1.54) is 10.8 Å². The number of aromatic nitrogens is 4. The first-order chi connectivity index (χ1) is 10.0. The summed E-state index contributed by atoms with van der Waals surface area (Å²) in [5.74, 6) is -0.624. The lowest BCUT2D eigenvalue weighted by molar-refractivity contribution is -0.118. The summed E-state index contributed by atoms with van der Waals surface area (Å²) in [4.78, 5) is 23.1. The zero-order valence-corrected chi connectivity index (χ0v) is 12.3. The van der Waals surface area contributed by atoms with Crippen molar-refractivity contribution in [1.82, 2.24) is 19.4 Å². The summed E-state index contributed by atoms with van der Waals surface area (Å²) < 4.78 is 3.36. The molecule has 21 heavy (non-hydrogen) atoms. The number of hydrogen-bond acceptors (Lipinski definition) is 4. The van der Waals surface area contributed by atoms with Crippen molar-refractivity contribution >= 4 is 27.4 Å². The number of hydrogen-bond donors (Lipinski definition) is 1. The Bertz CT molecular complexity index is 882. The molecule has 0 bridgehead atoms. The van der Waals surface area contributed by atoms with E-state index in [4.69, 9.17) is 5.73 Å². The van der Waals surface area contributed by atoms with Gasteiger partial charge in [0.25, 0.3) is 5.56 Å². The van der Waals surface area contributed by atoms with E-state index in [0.29, 0.717) is 11.2 Å². The Morgan fingerprint density at radius 3 is 2.67 bits per heavy atom. The molecule has 2 heterocycles. The minimum atomic E-state index is -0.624. The first-order valence-electron chi connectivity index (χ1n) is 6.04. The SMILES string of the molecule is NC(=O)Cn1ncn2nc(-c3ccc(Br)cc3)cc2c1=O. The maximum absolute atomic E-state index is 12.2. The molecule has 2 N–H and O–H groups in total. The predicted molar refractivity (Wildman–Crippen MR) is 79.6 cm³/mol. The highest BCUT2D eigenvalue weighted by molar-refractivity contribution is 9.10. The zero-order valence-electron chi connectivity index (χ0n) is 10.7. The van der Waals surface area contributed by atoms with Crippen LogP contribution in [0.4, 0.5) is 0 Å². The average Bonchev–Trinajstić information content (AvgIpc) is 2.87. The minimum absolute atomic E-state index is 0.256. The molecule has 0 spiro atoms. The lowest BCUT2D eigenvalue weighted by Crippen LogP contribution is -2.30.